The van der Waals surface area contributed by atoms with Crippen molar-refractivity contribution in [1.82, 2.24) is 0 Å². The van der Waals surface area contributed by atoms with Crippen molar-refractivity contribution in [2.45, 2.75) is 0 Å². The number of aliphatic hydroxyl groups excluding tert-OH is 2. The molecule has 0 atom stereocenters. The van der Waals surface area contributed by atoms with E-state index in [9.17, 15) is 4.79 Å². The molecule has 0 unspecified atom stereocenters. The largest absolute Gasteiger partial charge is 0.504 e. The number of fused-ring (bicyclic) bond motifs is 1. The van der Waals surface area contributed by atoms with Crippen molar-refractivity contribution in [3.05, 3.63) is 23.3 Å². The van der Waals surface area contributed by atoms with Crippen molar-refractivity contribution >= 4 is 11.5 Å². The molecule has 1 heterocycles. The number of nitrogens with zero attached hydrogens (tertiary/aromatic N) is 3. The maximum Gasteiger partial charge on any atom is 0.253 e. The number of rotatable bonds is 0. The van der Waals surface area contributed by atoms with Gasteiger partial charge in [0.05, 0.1) is 0 Å². The van der Waals surface area contributed by atoms with Crippen LogP contribution in [0.3, 0.4) is 0 Å². The Balaban J connectivity index is 2.59. The van der Waals surface area contributed by atoms with E-state index in [4.69, 9.17) is 10.2 Å². The van der Waals surface area contributed by atoms with Gasteiger partial charge in [-0.2, -0.15) is 0 Å². The topological polar surface area (TPSA) is 94.6 Å². The van der Waals surface area contributed by atoms with E-state index in [1.54, 1.807) is 0 Å². The third kappa shape index (κ3) is 0.685. The fraction of sp³-hybridized carbons (Fsp3) is 0. The third-order valence-electron chi connectivity index (χ3n) is 1.49. The Hall–Kier alpha value is -1.98. The van der Waals surface area contributed by atoms with Crippen LogP contribution in [0.1, 0.15) is 0 Å². The van der Waals surface area contributed by atoms with Gasteiger partial charge < -0.3 is 10.2 Å². The number of aliphatic hydroxyl groups is 2. The Morgan fingerprint density at radius 1 is 1.33 bits per heavy atom. The molecule has 0 bridgehead atoms. The first-order valence-corrected chi connectivity index (χ1v) is 3.08. The molecule has 0 spiro atoms. The van der Waals surface area contributed by atoms with Crippen LogP contribution in [0.4, 0.5) is 0 Å². The van der Waals surface area contributed by atoms with E-state index in [0.29, 0.717) is 0 Å². The molecule has 2 rings (SSSR count). The Kier molecular flexibility index (Phi) is 1.12. The maximum atomic E-state index is 11.1. The Bertz CT molecular complexity index is 385. The van der Waals surface area contributed by atoms with Crippen molar-refractivity contribution in [3.63, 3.8) is 0 Å². The number of Topliss-reactive ketones (excluding diaryl/α,β-unsaturated/α-hetero) is 1. The molecule has 0 aromatic heterocycles. The Labute approximate surface area is 66.2 Å². The van der Waals surface area contributed by atoms with Gasteiger partial charge in [0.15, 0.2) is 11.5 Å². The first-order valence-electron chi connectivity index (χ1n) is 3.08. The summed E-state index contributed by atoms with van der Waals surface area (Å²) >= 11 is 0. The van der Waals surface area contributed by atoms with Crippen LogP contribution in [0.2, 0.25) is 0 Å². The SMILES string of the molecule is O=C1C2=NN=NC2=CC(O)=C1O. The van der Waals surface area contributed by atoms with E-state index in [2.05, 4.69) is 15.4 Å². The first kappa shape index (κ1) is 6.71. The molecule has 1 aliphatic heterocycles. The average molecular weight is 165 g/mol. The van der Waals surface area contributed by atoms with Crippen molar-refractivity contribution in [3.8, 4) is 0 Å². The summed E-state index contributed by atoms with van der Waals surface area (Å²) in [6.45, 7) is 0. The van der Waals surface area contributed by atoms with Gasteiger partial charge in [-0.15, -0.1) is 10.2 Å². The summed E-state index contributed by atoms with van der Waals surface area (Å²) in [5.74, 6) is -1.98. The van der Waals surface area contributed by atoms with E-state index in [1.165, 1.54) is 0 Å². The fourth-order valence-corrected chi connectivity index (χ4v) is 0.899. The molecular weight excluding hydrogens is 162 g/mol. The number of ketones is 1. The molecule has 2 N–H and O–H groups in total. The zero-order valence-corrected chi connectivity index (χ0v) is 5.72. The number of carbonyl (C=O) groups is 1. The van der Waals surface area contributed by atoms with Crippen LogP contribution in [0.5, 0.6) is 0 Å². The number of hydrogen-bond donors (Lipinski definition) is 2. The second-order valence-electron chi connectivity index (χ2n) is 2.23. The number of carbonyl (C=O) groups excluding carboxylic acids is 1. The van der Waals surface area contributed by atoms with Crippen LogP contribution in [0.25, 0.3) is 0 Å². The molecule has 0 saturated carbocycles. The Morgan fingerprint density at radius 2 is 2.08 bits per heavy atom. The molecule has 0 saturated heterocycles. The van der Waals surface area contributed by atoms with Crippen molar-refractivity contribution < 1.29 is 15.0 Å². The average Bonchev–Trinajstić information content (AvgIpc) is 2.48. The van der Waals surface area contributed by atoms with Crippen molar-refractivity contribution in [2.24, 2.45) is 15.4 Å². The smallest absolute Gasteiger partial charge is 0.253 e. The minimum Gasteiger partial charge on any atom is -0.504 e. The van der Waals surface area contributed by atoms with Crippen LogP contribution < -0.4 is 0 Å². The van der Waals surface area contributed by atoms with Gasteiger partial charge in [0.1, 0.15) is 5.70 Å². The second-order valence-corrected chi connectivity index (χ2v) is 2.23. The third-order valence-corrected chi connectivity index (χ3v) is 1.49. The zero-order chi connectivity index (χ0) is 8.72. The van der Waals surface area contributed by atoms with Gasteiger partial charge in [0.2, 0.25) is 5.76 Å². The summed E-state index contributed by atoms with van der Waals surface area (Å²) in [5.41, 5.74) is 0.139. The molecule has 2 aliphatic rings. The summed E-state index contributed by atoms with van der Waals surface area (Å²) in [6.07, 6.45) is 1.13. The minimum atomic E-state index is -0.755. The summed E-state index contributed by atoms with van der Waals surface area (Å²) in [6, 6.07) is 0. The molecule has 1 aliphatic carbocycles. The van der Waals surface area contributed by atoms with E-state index in [0.717, 1.165) is 6.08 Å². The van der Waals surface area contributed by atoms with E-state index in [-0.39, 0.29) is 11.4 Å². The molecule has 0 fully saturated rings. The first-order chi connectivity index (χ1) is 5.70. The maximum absolute atomic E-state index is 11.1. The standard InChI is InChI=1S/C6H3N3O3/c10-3-1-2-4(8-9-7-2)6(12)5(3)11/h1,10-11H. The highest BCUT2D eigenvalue weighted by molar-refractivity contribution is 6.51. The second kappa shape index (κ2) is 2.00. The van der Waals surface area contributed by atoms with Crippen LogP contribution in [0, 0.1) is 0 Å². The quantitative estimate of drug-likeness (QED) is 0.514. The van der Waals surface area contributed by atoms with Crippen molar-refractivity contribution in [1.29, 1.82) is 0 Å². The van der Waals surface area contributed by atoms with Gasteiger partial charge in [-0.05, 0) is 5.22 Å². The number of allylic oxidation sites excluding steroid dienone is 3. The highest BCUT2D eigenvalue weighted by atomic mass is 16.3. The summed E-state index contributed by atoms with van der Waals surface area (Å²) < 4.78 is 0. The minimum absolute atomic E-state index is 0.0368. The Morgan fingerprint density at radius 3 is 2.83 bits per heavy atom. The van der Waals surface area contributed by atoms with Gasteiger partial charge >= 0.3 is 0 Å². The fourth-order valence-electron chi connectivity index (χ4n) is 0.899. The molecule has 6 heteroatoms. The molecule has 60 valence electrons. The lowest BCUT2D eigenvalue weighted by atomic mass is 10.1. The zero-order valence-electron chi connectivity index (χ0n) is 5.72. The number of hydrogen-bond acceptors (Lipinski definition) is 6. The lowest BCUT2D eigenvalue weighted by molar-refractivity contribution is -0.112. The highest BCUT2D eigenvalue weighted by Gasteiger charge is 2.30. The van der Waals surface area contributed by atoms with Gasteiger partial charge in [-0.3, -0.25) is 4.79 Å². The summed E-state index contributed by atoms with van der Waals surface area (Å²) in [5, 5.41) is 28.0. The summed E-state index contributed by atoms with van der Waals surface area (Å²) in [7, 11) is 0. The van der Waals surface area contributed by atoms with Gasteiger partial charge in [0, 0.05) is 6.08 Å². The molecule has 0 aromatic rings. The van der Waals surface area contributed by atoms with E-state index >= 15 is 0 Å². The molecule has 6 nitrogen and oxygen atoms in total. The van der Waals surface area contributed by atoms with E-state index in [1.807, 2.05) is 0 Å². The molecule has 0 aromatic carbocycles. The lowest BCUT2D eigenvalue weighted by Gasteiger charge is -2.05. The normalized spacial score (nSPS) is 20.8. The summed E-state index contributed by atoms with van der Waals surface area (Å²) in [4.78, 5) is 11.1. The van der Waals surface area contributed by atoms with Crippen molar-refractivity contribution in [2.75, 3.05) is 0 Å². The predicted octanol–water partition coefficient (Wildman–Crippen LogP) is 0.602. The van der Waals surface area contributed by atoms with Crippen LogP contribution in [-0.2, 0) is 4.79 Å². The molecule has 12 heavy (non-hydrogen) atoms. The lowest BCUT2D eigenvalue weighted by Crippen LogP contribution is -2.21. The van der Waals surface area contributed by atoms with E-state index < -0.39 is 17.3 Å². The van der Waals surface area contributed by atoms with Crippen LogP contribution in [-0.4, -0.2) is 21.7 Å². The van der Waals surface area contributed by atoms with Gasteiger partial charge in [-0.25, -0.2) is 0 Å². The highest BCUT2D eigenvalue weighted by Crippen LogP contribution is 2.20. The van der Waals surface area contributed by atoms with Gasteiger partial charge in [0.25, 0.3) is 5.78 Å². The molecule has 0 amide bonds. The molecule has 0 radical (unpaired) electrons. The van der Waals surface area contributed by atoms with Crippen LogP contribution in [0.15, 0.2) is 38.7 Å². The van der Waals surface area contributed by atoms with Crippen LogP contribution >= 0.6 is 0 Å². The predicted molar refractivity (Wildman–Crippen MR) is 37.7 cm³/mol. The van der Waals surface area contributed by atoms with Gasteiger partial charge in [-0.1, -0.05) is 0 Å². The monoisotopic (exact) mass is 165 g/mol. The molecular formula is C6H3N3O3.